The molecule has 7 heteroatoms. The number of carbonyl (C=O) groups excluding carboxylic acids is 1. The minimum Gasteiger partial charge on any atom is -0.497 e. The first-order chi connectivity index (χ1) is 11.7. The van der Waals surface area contributed by atoms with Crippen molar-refractivity contribution in [3.8, 4) is 5.75 Å². The van der Waals surface area contributed by atoms with E-state index in [1.807, 2.05) is 24.3 Å². The second-order valence-electron chi connectivity index (χ2n) is 6.11. The van der Waals surface area contributed by atoms with Crippen LogP contribution in [0.25, 0.3) is 0 Å². The molecule has 6 nitrogen and oxygen atoms in total. The second kappa shape index (κ2) is 5.94. The lowest BCUT2D eigenvalue weighted by Crippen LogP contribution is -2.48. The molecule has 124 valence electrons. The van der Waals surface area contributed by atoms with E-state index in [9.17, 15) is 4.79 Å². The van der Waals surface area contributed by atoms with E-state index in [1.165, 1.54) is 0 Å². The van der Waals surface area contributed by atoms with Gasteiger partial charge in [-0.3, -0.25) is 9.80 Å². The van der Waals surface area contributed by atoms with Crippen molar-refractivity contribution >= 4 is 29.1 Å². The van der Waals surface area contributed by atoms with Gasteiger partial charge >= 0.3 is 6.03 Å². The third kappa shape index (κ3) is 2.78. The molecule has 1 aromatic carbocycles. The molecule has 2 amide bonds. The number of nitrogens with zero attached hydrogens (tertiary/aromatic N) is 4. The first-order valence-corrected chi connectivity index (χ1v) is 8.28. The van der Waals surface area contributed by atoms with E-state index >= 15 is 0 Å². The van der Waals surface area contributed by atoms with Crippen molar-refractivity contribution in [2.24, 2.45) is 5.92 Å². The van der Waals surface area contributed by atoms with Crippen LogP contribution in [0.4, 0.5) is 16.3 Å². The topological polar surface area (TPSA) is 58.6 Å². The maximum atomic E-state index is 13.0. The molecule has 0 atom stereocenters. The summed E-state index contributed by atoms with van der Waals surface area (Å²) in [6.07, 6.45) is 4.01. The van der Waals surface area contributed by atoms with Crippen molar-refractivity contribution in [1.82, 2.24) is 9.97 Å². The highest BCUT2D eigenvalue weighted by Gasteiger charge is 2.36. The summed E-state index contributed by atoms with van der Waals surface area (Å²) in [5.74, 6) is 1.94. The van der Waals surface area contributed by atoms with E-state index in [4.69, 9.17) is 16.3 Å². The molecule has 0 N–H and O–H groups in total. The number of benzene rings is 1. The van der Waals surface area contributed by atoms with Gasteiger partial charge in [0.25, 0.3) is 0 Å². The van der Waals surface area contributed by atoms with Crippen LogP contribution in [0.2, 0.25) is 5.28 Å². The average molecular weight is 345 g/mol. The largest absolute Gasteiger partial charge is 0.497 e. The van der Waals surface area contributed by atoms with Crippen molar-refractivity contribution in [2.75, 3.05) is 23.5 Å². The molecule has 1 aliphatic heterocycles. The Labute approximate surface area is 145 Å². The number of halogens is 1. The molecule has 2 aromatic rings. The van der Waals surface area contributed by atoms with E-state index in [1.54, 1.807) is 23.1 Å². The van der Waals surface area contributed by atoms with Gasteiger partial charge in [0.15, 0.2) is 0 Å². The third-order valence-electron chi connectivity index (χ3n) is 4.38. The molecule has 0 unspecified atom stereocenters. The number of hydrogen-bond acceptors (Lipinski definition) is 4. The van der Waals surface area contributed by atoms with Gasteiger partial charge in [-0.25, -0.2) is 9.78 Å². The molecule has 0 saturated heterocycles. The van der Waals surface area contributed by atoms with Gasteiger partial charge in [-0.2, -0.15) is 4.98 Å². The van der Waals surface area contributed by atoms with Crippen molar-refractivity contribution in [1.29, 1.82) is 0 Å². The normalized spacial score (nSPS) is 17.0. The zero-order valence-corrected chi connectivity index (χ0v) is 14.0. The minimum absolute atomic E-state index is 0.0747. The fourth-order valence-corrected chi connectivity index (χ4v) is 3.01. The van der Waals surface area contributed by atoms with Crippen LogP contribution >= 0.6 is 11.6 Å². The lowest BCUT2D eigenvalue weighted by atomic mass is 10.1. The molecule has 24 heavy (non-hydrogen) atoms. The highest BCUT2D eigenvalue weighted by molar-refractivity contribution is 6.28. The van der Waals surface area contributed by atoms with Crippen LogP contribution in [-0.4, -0.2) is 29.7 Å². The maximum absolute atomic E-state index is 13.0. The Hall–Kier alpha value is -2.34. The molecular formula is C17H17ClN4O2. The Bertz CT molecular complexity index is 777. The van der Waals surface area contributed by atoms with Gasteiger partial charge in [0, 0.05) is 24.0 Å². The third-order valence-corrected chi connectivity index (χ3v) is 4.56. The number of fused-ring (bicyclic) bond motifs is 1. The maximum Gasteiger partial charge on any atom is 0.330 e. The summed E-state index contributed by atoms with van der Waals surface area (Å²) in [5, 5.41) is 0.167. The van der Waals surface area contributed by atoms with Gasteiger partial charge in [-0.1, -0.05) is 0 Å². The van der Waals surface area contributed by atoms with Crippen LogP contribution in [-0.2, 0) is 6.54 Å². The predicted molar refractivity (Wildman–Crippen MR) is 91.7 cm³/mol. The van der Waals surface area contributed by atoms with E-state index in [0.717, 1.165) is 29.8 Å². The Balaban J connectivity index is 1.71. The van der Waals surface area contributed by atoms with Crippen LogP contribution in [0, 0.1) is 5.92 Å². The van der Waals surface area contributed by atoms with Gasteiger partial charge in [0.05, 0.1) is 13.7 Å². The van der Waals surface area contributed by atoms with Gasteiger partial charge in [-0.15, -0.1) is 0 Å². The zero-order valence-electron chi connectivity index (χ0n) is 13.3. The SMILES string of the molecule is COc1ccc(N2Cc3cnc(Cl)nc3N(CC3CC3)C2=O)cc1. The fraction of sp³-hybridized carbons (Fsp3) is 0.353. The summed E-state index contributed by atoms with van der Waals surface area (Å²) >= 11 is 5.94. The molecule has 1 aliphatic carbocycles. The molecule has 1 fully saturated rings. The Morgan fingerprint density at radius 3 is 2.71 bits per heavy atom. The van der Waals surface area contributed by atoms with Crippen LogP contribution < -0.4 is 14.5 Å². The summed E-state index contributed by atoms with van der Waals surface area (Å²) in [4.78, 5) is 24.9. The van der Waals surface area contributed by atoms with Gasteiger partial charge in [-0.05, 0) is 54.6 Å². The molecule has 4 rings (SSSR count). The number of aromatic nitrogens is 2. The number of hydrogen-bond donors (Lipinski definition) is 0. The lowest BCUT2D eigenvalue weighted by molar-refractivity contribution is 0.249. The summed E-state index contributed by atoms with van der Waals surface area (Å²) in [6.45, 7) is 1.10. The number of anilines is 2. The molecule has 0 radical (unpaired) electrons. The molecule has 1 aromatic heterocycles. The number of carbonyl (C=O) groups is 1. The van der Waals surface area contributed by atoms with Crippen LogP contribution in [0.15, 0.2) is 30.5 Å². The Morgan fingerprint density at radius 1 is 1.29 bits per heavy atom. The lowest BCUT2D eigenvalue weighted by Gasteiger charge is -2.36. The summed E-state index contributed by atoms with van der Waals surface area (Å²) in [6, 6.07) is 7.39. The molecule has 2 heterocycles. The van der Waals surface area contributed by atoms with Crippen molar-refractivity contribution in [3.05, 3.63) is 41.3 Å². The van der Waals surface area contributed by atoms with E-state index in [-0.39, 0.29) is 11.3 Å². The first kappa shape index (κ1) is 15.2. The molecule has 2 aliphatic rings. The standard InChI is InChI=1S/C17H17ClN4O2/c1-24-14-6-4-13(5-7-14)21-10-12-8-19-16(18)20-15(12)22(17(21)23)9-11-2-3-11/h4-8,11H,2-3,9-10H2,1H3. The van der Waals surface area contributed by atoms with Crippen molar-refractivity contribution in [3.63, 3.8) is 0 Å². The van der Waals surface area contributed by atoms with Gasteiger partial charge in [0.2, 0.25) is 5.28 Å². The number of urea groups is 1. The minimum atomic E-state index is -0.0747. The first-order valence-electron chi connectivity index (χ1n) is 7.90. The van der Waals surface area contributed by atoms with E-state index < -0.39 is 0 Å². The smallest absolute Gasteiger partial charge is 0.330 e. The Morgan fingerprint density at radius 2 is 2.04 bits per heavy atom. The summed E-state index contributed by atoms with van der Waals surface area (Å²) in [7, 11) is 1.62. The zero-order chi connectivity index (χ0) is 16.7. The van der Waals surface area contributed by atoms with Crippen molar-refractivity contribution < 1.29 is 9.53 Å². The number of rotatable bonds is 4. The molecule has 0 bridgehead atoms. The number of ether oxygens (including phenoxy) is 1. The highest BCUT2D eigenvalue weighted by atomic mass is 35.5. The monoisotopic (exact) mass is 344 g/mol. The van der Waals surface area contributed by atoms with Gasteiger partial charge < -0.3 is 4.74 Å². The van der Waals surface area contributed by atoms with E-state index in [0.29, 0.717) is 24.8 Å². The number of methoxy groups -OCH3 is 1. The molecular weight excluding hydrogens is 328 g/mol. The van der Waals surface area contributed by atoms with Gasteiger partial charge in [0.1, 0.15) is 11.6 Å². The van der Waals surface area contributed by atoms with Crippen LogP contribution in [0.3, 0.4) is 0 Å². The summed E-state index contributed by atoms with van der Waals surface area (Å²) < 4.78 is 5.19. The molecule has 1 saturated carbocycles. The Kier molecular flexibility index (Phi) is 3.76. The highest BCUT2D eigenvalue weighted by Crippen LogP contribution is 2.36. The van der Waals surface area contributed by atoms with Crippen LogP contribution in [0.1, 0.15) is 18.4 Å². The quantitative estimate of drug-likeness (QED) is 0.796. The van der Waals surface area contributed by atoms with Crippen LogP contribution in [0.5, 0.6) is 5.75 Å². The van der Waals surface area contributed by atoms with Crippen molar-refractivity contribution in [2.45, 2.75) is 19.4 Å². The summed E-state index contributed by atoms with van der Waals surface area (Å²) in [5.41, 5.74) is 1.72. The molecule has 0 spiro atoms. The predicted octanol–water partition coefficient (Wildman–Crippen LogP) is 3.50. The average Bonchev–Trinajstić information content (AvgIpc) is 3.42. The van der Waals surface area contributed by atoms with E-state index in [2.05, 4.69) is 9.97 Å². The fourth-order valence-electron chi connectivity index (χ4n) is 2.88. The second-order valence-corrected chi connectivity index (χ2v) is 6.45. The number of amides is 2.